The van der Waals surface area contributed by atoms with Crippen LogP contribution >= 0.6 is 0 Å². The number of nitrogens with two attached hydrogens (primary N) is 2. The summed E-state index contributed by atoms with van der Waals surface area (Å²) in [6, 6.07) is 0.442. The fourth-order valence-corrected chi connectivity index (χ4v) is 1.55. The lowest BCUT2D eigenvalue weighted by atomic mass is 10.0. The molecule has 1 rings (SSSR count). The lowest BCUT2D eigenvalue weighted by Gasteiger charge is -2.09. The van der Waals surface area contributed by atoms with E-state index in [0.29, 0.717) is 6.04 Å². The van der Waals surface area contributed by atoms with Crippen LogP contribution in [0.1, 0.15) is 44.9 Å². The Hall–Kier alpha value is -0.0800. The molecule has 12 heavy (non-hydrogen) atoms. The summed E-state index contributed by atoms with van der Waals surface area (Å²) < 4.78 is 0. The number of rotatable bonds is 7. The van der Waals surface area contributed by atoms with E-state index in [9.17, 15) is 0 Å². The van der Waals surface area contributed by atoms with Crippen molar-refractivity contribution in [1.82, 2.24) is 0 Å². The van der Waals surface area contributed by atoms with Gasteiger partial charge in [0.2, 0.25) is 0 Å². The fourth-order valence-electron chi connectivity index (χ4n) is 1.55. The van der Waals surface area contributed by atoms with Crippen LogP contribution in [0.5, 0.6) is 0 Å². The van der Waals surface area contributed by atoms with Crippen LogP contribution in [0, 0.1) is 5.92 Å². The molecule has 0 aromatic rings. The topological polar surface area (TPSA) is 52.0 Å². The van der Waals surface area contributed by atoms with Crippen molar-refractivity contribution in [2.24, 2.45) is 17.4 Å². The van der Waals surface area contributed by atoms with Gasteiger partial charge in [0.25, 0.3) is 0 Å². The van der Waals surface area contributed by atoms with Crippen LogP contribution in [-0.4, -0.2) is 12.6 Å². The van der Waals surface area contributed by atoms with E-state index < -0.39 is 0 Å². The van der Waals surface area contributed by atoms with Gasteiger partial charge < -0.3 is 11.5 Å². The normalized spacial score (nSPS) is 19.5. The third kappa shape index (κ3) is 4.73. The third-order valence-electron chi connectivity index (χ3n) is 2.67. The van der Waals surface area contributed by atoms with Gasteiger partial charge in [0.15, 0.2) is 0 Å². The zero-order valence-electron chi connectivity index (χ0n) is 7.97. The predicted octanol–water partition coefficient (Wildman–Crippen LogP) is 1.63. The van der Waals surface area contributed by atoms with Crippen LogP contribution in [0.3, 0.4) is 0 Å². The summed E-state index contributed by atoms with van der Waals surface area (Å²) in [6.07, 6.45) is 9.02. The first kappa shape index (κ1) is 10.0. The second-order valence-corrected chi connectivity index (χ2v) is 4.07. The molecule has 0 aliphatic heterocycles. The van der Waals surface area contributed by atoms with Crippen LogP contribution in [-0.2, 0) is 0 Å². The molecule has 0 saturated heterocycles. The Balaban J connectivity index is 1.84. The summed E-state index contributed by atoms with van der Waals surface area (Å²) in [5.41, 5.74) is 11.4. The molecule has 0 aromatic heterocycles. The molecular weight excluding hydrogens is 148 g/mol. The molecular formula is C10H22N2. The Kier molecular flexibility index (Phi) is 4.62. The average Bonchev–Trinajstić information content (AvgIpc) is 2.84. The van der Waals surface area contributed by atoms with E-state index in [1.165, 1.54) is 38.5 Å². The van der Waals surface area contributed by atoms with Crippen molar-refractivity contribution in [2.75, 3.05) is 6.54 Å². The Morgan fingerprint density at radius 2 is 1.92 bits per heavy atom. The summed E-state index contributed by atoms with van der Waals surface area (Å²) >= 11 is 0. The number of hydrogen-bond donors (Lipinski definition) is 2. The first-order valence-corrected chi connectivity index (χ1v) is 5.28. The van der Waals surface area contributed by atoms with Crippen molar-refractivity contribution in [1.29, 1.82) is 0 Å². The highest BCUT2D eigenvalue weighted by Gasteiger charge is 2.21. The lowest BCUT2D eigenvalue weighted by molar-refractivity contribution is 0.502. The quantitative estimate of drug-likeness (QED) is 0.571. The van der Waals surface area contributed by atoms with E-state index in [4.69, 9.17) is 11.5 Å². The van der Waals surface area contributed by atoms with Gasteiger partial charge in [-0.3, -0.25) is 0 Å². The predicted molar refractivity (Wildman–Crippen MR) is 52.8 cm³/mol. The Bertz CT molecular complexity index is 110. The smallest absolute Gasteiger partial charge is 0.00389 e. The van der Waals surface area contributed by atoms with Crippen molar-refractivity contribution in [2.45, 2.75) is 51.0 Å². The maximum absolute atomic E-state index is 5.95. The van der Waals surface area contributed by atoms with E-state index in [-0.39, 0.29) is 0 Å². The second kappa shape index (κ2) is 5.55. The average molecular weight is 170 g/mol. The molecule has 2 nitrogen and oxygen atoms in total. The third-order valence-corrected chi connectivity index (χ3v) is 2.67. The Labute approximate surface area is 75.7 Å². The zero-order chi connectivity index (χ0) is 8.81. The summed E-state index contributed by atoms with van der Waals surface area (Å²) in [5, 5.41) is 0. The minimum absolute atomic E-state index is 0.442. The largest absolute Gasteiger partial charge is 0.330 e. The Morgan fingerprint density at radius 1 is 1.17 bits per heavy atom. The van der Waals surface area contributed by atoms with Gasteiger partial charge >= 0.3 is 0 Å². The van der Waals surface area contributed by atoms with Crippen molar-refractivity contribution in [3.8, 4) is 0 Å². The lowest BCUT2D eigenvalue weighted by Crippen LogP contribution is -2.20. The van der Waals surface area contributed by atoms with Gasteiger partial charge in [-0.05, 0) is 38.1 Å². The van der Waals surface area contributed by atoms with Gasteiger partial charge in [0, 0.05) is 6.04 Å². The van der Waals surface area contributed by atoms with Crippen LogP contribution < -0.4 is 11.5 Å². The highest BCUT2D eigenvalue weighted by Crippen LogP contribution is 2.33. The molecule has 1 unspecified atom stereocenters. The van der Waals surface area contributed by atoms with Crippen LogP contribution in [0.25, 0.3) is 0 Å². The van der Waals surface area contributed by atoms with Crippen LogP contribution in [0.4, 0.5) is 0 Å². The second-order valence-electron chi connectivity index (χ2n) is 4.07. The van der Waals surface area contributed by atoms with Gasteiger partial charge in [-0.2, -0.15) is 0 Å². The van der Waals surface area contributed by atoms with E-state index in [0.717, 1.165) is 18.9 Å². The van der Waals surface area contributed by atoms with Crippen LogP contribution in [0.2, 0.25) is 0 Å². The van der Waals surface area contributed by atoms with Crippen molar-refractivity contribution in [3.05, 3.63) is 0 Å². The van der Waals surface area contributed by atoms with E-state index in [2.05, 4.69) is 0 Å². The van der Waals surface area contributed by atoms with Crippen LogP contribution in [0.15, 0.2) is 0 Å². The SMILES string of the molecule is NCCCCC(N)CCC1CC1. The van der Waals surface area contributed by atoms with Crippen molar-refractivity contribution < 1.29 is 0 Å². The molecule has 2 heteroatoms. The Morgan fingerprint density at radius 3 is 2.50 bits per heavy atom. The summed E-state index contributed by atoms with van der Waals surface area (Å²) in [7, 11) is 0. The molecule has 1 aliphatic carbocycles. The standard InChI is InChI=1S/C10H22N2/c11-8-2-1-3-10(12)7-6-9-4-5-9/h9-10H,1-8,11-12H2. The minimum atomic E-state index is 0.442. The molecule has 0 amide bonds. The first-order chi connectivity index (χ1) is 5.83. The molecule has 1 saturated carbocycles. The molecule has 1 fully saturated rings. The van der Waals surface area contributed by atoms with Crippen molar-refractivity contribution >= 4 is 0 Å². The molecule has 72 valence electrons. The minimum Gasteiger partial charge on any atom is -0.330 e. The highest BCUT2D eigenvalue weighted by atomic mass is 14.6. The van der Waals surface area contributed by atoms with Gasteiger partial charge in [0.1, 0.15) is 0 Å². The molecule has 0 aromatic carbocycles. The number of unbranched alkanes of at least 4 members (excludes halogenated alkanes) is 1. The molecule has 1 aliphatic rings. The molecule has 0 bridgehead atoms. The van der Waals surface area contributed by atoms with Gasteiger partial charge in [-0.15, -0.1) is 0 Å². The van der Waals surface area contributed by atoms with Gasteiger partial charge in [-0.1, -0.05) is 19.3 Å². The molecule has 1 atom stereocenters. The molecule has 0 radical (unpaired) electrons. The van der Waals surface area contributed by atoms with Crippen molar-refractivity contribution in [3.63, 3.8) is 0 Å². The molecule has 4 N–H and O–H groups in total. The molecule has 0 heterocycles. The van der Waals surface area contributed by atoms with E-state index in [1.54, 1.807) is 0 Å². The maximum Gasteiger partial charge on any atom is 0.00389 e. The van der Waals surface area contributed by atoms with E-state index >= 15 is 0 Å². The van der Waals surface area contributed by atoms with Gasteiger partial charge in [0.05, 0.1) is 0 Å². The zero-order valence-corrected chi connectivity index (χ0v) is 7.97. The fraction of sp³-hybridized carbons (Fsp3) is 1.00. The van der Waals surface area contributed by atoms with E-state index in [1.807, 2.05) is 0 Å². The summed E-state index contributed by atoms with van der Waals surface area (Å²) in [5.74, 6) is 1.03. The number of hydrogen-bond acceptors (Lipinski definition) is 2. The van der Waals surface area contributed by atoms with Gasteiger partial charge in [-0.25, -0.2) is 0 Å². The summed E-state index contributed by atoms with van der Waals surface area (Å²) in [6.45, 7) is 0.815. The monoisotopic (exact) mass is 170 g/mol. The molecule has 0 spiro atoms. The first-order valence-electron chi connectivity index (χ1n) is 5.28. The highest BCUT2D eigenvalue weighted by molar-refractivity contribution is 4.75. The maximum atomic E-state index is 5.95. The summed E-state index contributed by atoms with van der Waals surface area (Å²) in [4.78, 5) is 0.